The Kier molecular flexibility index (Phi) is 9.57. The molecule has 9 heteroatoms. The number of nitrogens with zero attached hydrogens (tertiary/aromatic N) is 2. The summed E-state index contributed by atoms with van der Waals surface area (Å²) in [6, 6.07) is 19.5. The monoisotopic (exact) mass is 555 g/mol. The third kappa shape index (κ3) is 7.14. The molecular formula is C29H34ClN3O4S. The summed E-state index contributed by atoms with van der Waals surface area (Å²) < 4.78 is 28.7. The lowest BCUT2D eigenvalue weighted by atomic mass is 10.1. The highest BCUT2D eigenvalue weighted by atomic mass is 35.5. The minimum atomic E-state index is -4.17. The first kappa shape index (κ1) is 29.2. The van der Waals surface area contributed by atoms with Gasteiger partial charge in [-0.15, -0.1) is 0 Å². The zero-order chi connectivity index (χ0) is 28.0. The summed E-state index contributed by atoms with van der Waals surface area (Å²) in [6.45, 7) is 8.71. The normalized spacial score (nSPS) is 12.2. The summed E-state index contributed by atoms with van der Waals surface area (Å²) in [5, 5.41) is 3.03. The minimum absolute atomic E-state index is 0.0339. The van der Waals surface area contributed by atoms with Crippen molar-refractivity contribution < 1.29 is 18.0 Å². The van der Waals surface area contributed by atoms with Crippen molar-refractivity contribution in [2.75, 3.05) is 10.8 Å². The maximum absolute atomic E-state index is 13.9. The van der Waals surface area contributed by atoms with Crippen LogP contribution in [-0.2, 0) is 26.2 Å². The second-order valence-corrected chi connectivity index (χ2v) is 11.9. The number of carbonyl (C=O) groups is 2. The molecule has 0 fully saturated rings. The molecule has 0 saturated carbocycles. The van der Waals surface area contributed by atoms with Gasteiger partial charge in [-0.3, -0.25) is 13.9 Å². The van der Waals surface area contributed by atoms with E-state index in [2.05, 4.69) is 5.32 Å². The SMILES string of the molecule is Cc1ccc(S(=O)(=O)N(CC(=O)N(Cc2cccc(C)c2)C(C)C(=O)NC(C)C)c2ccccc2Cl)cc1. The van der Waals surface area contributed by atoms with Gasteiger partial charge in [0.2, 0.25) is 11.8 Å². The van der Waals surface area contributed by atoms with Gasteiger partial charge < -0.3 is 10.2 Å². The van der Waals surface area contributed by atoms with Crippen LogP contribution >= 0.6 is 11.6 Å². The molecule has 0 heterocycles. The second kappa shape index (κ2) is 12.5. The largest absolute Gasteiger partial charge is 0.352 e. The number of aryl methyl sites for hydroxylation is 2. The van der Waals surface area contributed by atoms with Gasteiger partial charge in [-0.05, 0) is 64.4 Å². The highest BCUT2D eigenvalue weighted by Gasteiger charge is 2.33. The van der Waals surface area contributed by atoms with Gasteiger partial charge in [0.15, 0.2) is 0 Å². The molecule has 0 aromatic heterocycles. The van der Waals surface area contributed by atoms with E-state index < -0.39 is 28.5 Å². The summed E-state index contributed by atoms with van der Waals surface area (Å²) in [5.74, 6) is -0.861. The number of nitrogens with one attached hydrogen (secondary N) is 1. The molecule has 1 N–H and O–H groups in total. The van der Waals surface area contributed by atoms with E-state index in [9.17, 15) is 18.0 Å². The summed E-state index contributed by atoms with van der Waals surface area (Å²) in [4.78, 5) is 28.3. The zero-order valence-corrected chi connectivity index (χ0v) is 23.9. The molecule has 0 spiro atoms. The first-order chi connectivity index (χ1) is 17.9. The van der Waals surface area contributed by atoms with Crippen molar-refractivity contribution >= 4 is 39.1 Å². The molecule has 0 bridgehead atoms. The number of rotatable bonds is 10. The predicted octanol–water partition coefficient (Wildman–Crippen LogP) is 5.09. The third-order valence-corrected chi connectivity index (χ3v) is 8.14. The van der Waals surface area contributed by atoms with Crippen molar-refractivity contribution in [1.29, 1.82) is 0 Å². The van der Waals surface area contributed by atoms with Crippen LogP contribution in [0.4, 0.5) is 5.69 Å². The fraction of sp³-hybridized carbons (Fsp3) is 0.310. The lowest BCUT2D eigenvalue weighted by Crippen LogP contribution is -2.52. The molecule has 2 amide bonds. The number of hydrogen-bond donors (Lipinski definition) is 1. The smallest absolute Gasteiger partial charge is 0.264 e. The summed E-state index contributed by atoms with van der Waals surface area (Å²) in [5.41, 5.74) is 2.92. The molecule has 1 unspecified atom stereocenters. The Hall–Kier alpha value is -3.36. The van der Waals surface area contributed by atoms with Gasteiger partial charge in [-0.25, -0.2) is 8.42 Å². The molecule has 0 aliphatic carbocycles. The Morgan fingerprint density at radius 3 is 2.16 bits per heavy atom. The van der Waals surface area contributed by atoms with Crippen molar-refractivity contribution in [3.05, 3.63) is 94.5 Å². The zero-order valence-electron chi connectivity index (χ0n) is 22.3. The molecule has 3 rings (SSSR count). The number of carbonyl (C=O) groups excluding carboxylic acids is 2. The van der Waals surface area contributed by atoms with Gasteiger partial charge in [0.1, 0.15) is 12.6 Å². The van der Waals surface area contributed by atoms with Crippen LogP contribution in [0.1, 0.15) is 37.5 Å². The van der Waals surface area contributed by atoms with Crippen LogP contribution < -0.4 is 9.62 Å². The standard InChI is InChI=1S/C29H34ClN3O4S/c1-20(2)31-29(35)23(5)32(18-24-10-8-9-22(4)17-24)28(34)19-33(27-12-7-6-11-26(27)30)38(36,37)25-15-13-21(3)14-16-25/h6-17,20,23H,18-19H2,1-5H3,(H,31,35). The van der Waals surface area contributed by atoms with Crippen LogP contribution in [0.25, 0.3) is 0 Å². The van der Waals surface area contributed by atoms with Crippen LogP contribution in [0.3, 0.4) is 0 Å². The third-order valence-electron chi connectivity index (χ3n) is 6.04. The Bertz CT molecular complexity index is 1390. The Morgan fingerprint density at radius 2 is 1.55 bits per heavy atom. The Balaban J connectivity index is 2.05. The molecule has 3 aromatic rings. The van der Waals surface area contributed by atoms with E-state index in [1.165, 1.54) is 17.0 Å². The summed E-state index contributed by atoms with van der Waals surface area (Å²) in [6.07, 6.45) is 0. The summed E-state index contributed by atoms with van der Waals surface area (Å²) in [7, 11) is -4.17. The molecule has 7 nitrogen and oxygen atoms in total. The average molecular weight is 556 g/mol. The van der Waals surface area contributed by atoms with Crippen LogP contribution in [0, 0.1) is 13.8 Å². The Morgan fingerprint density at radius 1 is 0.895 bits per heavy atom. The lowest BCUT2D eigenvalue weighted by molar-refractivity contribution is -0.139. The molecule has 38 heavy (non-hydrogen) atoms. The van der Waals surface area contributed by atoms with E-state index in [-0.39, 0.29) is 34.1 Å². The summed E-state index contributed by atoms with van der Waals surface area (Å²) >= 11 is 6.42. The van der Waals surface area contributed by atoms with Gasteiger partial charge in [-0.1, -0.05) is 71.3 Å². The number of sulfonamides is 1. The molecule has 202 valence electrons. The fourth-order valence-electron chi connectivity index (χ4n) is 4.00. The van der Waals surface area contributed by atoms with E-state index >= 15 is 0 Å². The lowest BCUT2D eigenvalue weighted by Gasteiger charge is -2.32. The minimum Gasteiger partial charge on any atom is -0.352 e. The molecule has 0 radical (unpaired) electrons. The molecule has 0 saturated heterocycles. The maximum atomic E-state index is 13.9. The van der Waals surface area contributed by atoms with Gasteiger partial charge in [-0.2, -0.15) is 0 Å². The molecule has 3 aromatic carbocycles. The van der Waals surface area contributed by atoms with E-state index in [1.807, 2.05) is 52.0 Å². The van der Waals surface area contributed by atoms with Crippen molar-refractivity contribution in [3.63, 3.8) is 0 Å². The van der Waals surface area contributed by atoms with Crippen molar-refractivity contribution in [1.82, 2.24) is 10.2 Å². The number of para-hydroxylation sites is 1. The predicted molar refractivity (Wildman–Crippen MR) is 152 cm³/mol. The average Bonchev–Trinajstić information content (AvgIpc) is 2.85. The van der Waals surface area contributed by atoms with Crippen molar-refractivity contribution in [2.24, 2.45) is 0 Å². The van der Waals surface area contributed by atoms with Crippen LogP contribution in [0.2, 0.25) is 5.02 Å². The molecule has 1 atom stereocenters. The highest BCUT2D eigenvalue weighted by Crippen LogP contribution is 2.31. The topological polar surface area (TPSA) is 86.8 Å². The number of halogens is 1. The van der Waals surface area contributed by atoms with Gasteiger partial charge in [0.05, 0.1) is 15.6 Å². The highest BCUT2D eigenvalue weighted by molar-refractivity contribution is 7.92. The fourth-order valence-corrected chi connectivity index (χ4v) is 5.72. The van der Waals surface area contributed by atoms with E-state index in [4.69, 9.17) is 11.6 Å². The van der Waals surface area contributed by atoms with Crippen molar-refractivity contribution in [2.45, 2.75) is 58.1 Å². The van der Waals surface area contributed by atoms with E-state index in [1.54, 1.807) is 43.3 Å². The first-order valence-corrected chi connectivity index (χ1v) is 14.2. The number of amides is 2. The number of benzene rings is 3. The van der Waals surface area contributed by atoms with Crippen molar-refractivity contribution in [3.8, 4) is 0 Å². The molecular weight excluding hydrogens is 522 g/mol. The Labute approximate surface area is 230 Å². The van der Waals surface area contributed by atoms with Crippen LogP contribution in [0.15, 0.2) is 77.7 Å². The number of anilines is 1. The molecule has 0 aliphatic heterocycles. The van der Waals surface area contributed by atoms with Crippen LogP contribution in [0.5, 0.6) is 0 Å². The first-order valence-electron chi connectivity index (χ1n) is 12.4. The van der Waals surface area contributed by atoms with E-state index in [0.717, 1.165) is 21.0 Å². The quantitative estimate of drug-likeness (QED) is 0.377. The van der Waals surface area contributed by atoms with E-state index in [0.29, 0.717) is 0 Å². The van der Waals surface area contributed by atoms with Gasteiger partial charge in [0.25, 0.3) is 10.0 Å². The van der Waals surface area contributed by atoms with Gasteiger partial charge >= 0.3 is 0 Å². The molecule has 0 aliphatic rings. The maximum Gasteiger partial charge on any atom is 0.264 e. The second-order valence-electron chi connectivity index (χ2n) is 9.63. The number of hydrogen-bond acceptors (Lipinski definition) is 4. The van der Waals surface area contributed by atoms with Crippen LogP contribution in [-0.4, -0.2) is 43.8 Å². The van der Waals surface area contributed by atoms with Gasteiger partial charge in [0, 0.05) is 12.6 Å².